The minimum absolute atomic E-state index is 0.127. The van der Waals surface area contributed by atoms with E-state index in [9.17, 15) is 4.79 Å². The van der Waals surface area contributed by atoms with Crippen molar-refractivity contribution in [3.8, 4) is 0 Å². The van der Waals surface area contributed by atoms with Crippen LogP contribution >= 0.6 is 0 Å². The molecule has 0 amide bonds. The van der Waals surface area contributed by atoms with Gasteiger partial charge in [-0.15, -0.1) is 0 Å². The maximum absolute atomic E-state index is 10.5. The summed E-state index contributed by atoms with van der Waals surface area (Å²) in [6, 6.07) is 3.64. The van der Waals surface area contributed by atoms with Gasteiger partial charge in [-0.3, -0.25) is 9.78 Å². The maximum atomic E-state index is 10.5. The minimum atomic E-state index is 0.127. The topological polar surface area (TPSA) is 42.0 Å². The van der Waals surface area contributed by atoms with Gasteiger partial charge in [0.2, 0.25) is 0 Å². The molecule has 58 valence electrons. The lowest BCUT2D eigenvalue weighted by molar-refractivity contribution is -0.115. The molecule has 0 aliphatic carbocycles. The minimum Gasteiger partial charge on any atom is -0.378 e. The van der Waals surface area contributed by atoms with Gasteiger partial charge >= 0.3 is 0 Å². The van der Waals surface area contributed by atoms with Crippen LogP contribution < -0.4 is 5.32 Å². The van der Waals surface area contributed by atoms with Crippen LogP contribution in [0.3, 0.4) is 0 Å². The quantitative estimate of drug-likeness (QED) is 0.701. The van der Waals surface area contributed by atoms with Crippen LogP contribution in [0.1, 0.15) is 6.92 Å². The molecule has 0 aliphatic heterocycles. The molecule has 0 unspecified atom stereocenters. The number of Topliss-reactive ketones (excluding diaryl/α,β-unsaturated/α-hetero) is 1. The highest BCUT2D eigenvalue weighted by molar-refractivity contribution is 5.80. The highest BCUT2D eigenvalue weighted by Crippen LogP contribution is 2.01. The predicted octanol–water partition coefficient (Wildman–Crippen LogP) is 1.08. The third-order valence-corrected chi connectivity index (χ3v) is 1.22. The van der Waals surface area contributed by atoms with Crippen LogP contribution in [0.15, 0.2) is 24.5 Å². The van der Waals surface area contributed by atoms with Gasteiger partial charge < -0.3 is 5.32 Å². The van der Waals surface area contributed by atoms with Gasteiger partial charge in [0.25, 0.3) is 0 Å². The van der Waals surface area contributed by atoms with Crippen molar-refractivity contribution in [3.63, 3.8) is 0 Å². The summed E-state index contributed by atoms with van der Waals surface area (Å²) in [5.74, 6) is 0.127. The summed E-state index contributed by atoms with van der Waals surface area (Å²) in [5.41, 5.74) is 0.926. The lowest BCUT2D eigenvalue weighted by atomic mass is 10.4. The highest BCUT2D eigenvalue weighted by Gasteiger charge is 1.91. The van der Waals surface area contributed by atoms with Gasteiger partial charge in [-0.1, -0.05) is 0 Å². The summed E-state index contributed by atoms with van der Waals surface area (Å²) >= 11 is 0. The van der Waals surface area contributed by atoms with Crippen molar-refractivity contribution in [2.75, 3.05) is 11.9 Å². The zero-order valence-electron chi connectivity index (χ0n) is 6.37. The van der Waals surface area contributed by atoms with Crippen molar-refractivity contribution in [2.24, 2.45) is 0 Å². The average Bonchev–Trinajstić information content (AvgIpc) is 2.03. The van der Waals surface area contributed by atoms with Gasteiger partial charge in [-0.05, 0) is 19.1 Å². The average molecular weight is 150 g/mol. The van der Waals surface area contributed by atoms with Crippen LogP contribution in [0.25, 0.3) is 0 Å². The van der Waals surface area contributed by atoms with E-state index in [-0.39, 0.29) is 5.78 Å². The fourth-order valence-corrected chi connectivity index (χ4v) is 0.696. The van der Waals surface area contributed by atoms with Gasteiger partial charge in [0.15, 0.2) is 0 Å². The Bertz CT molecular complexity index is 233. The van der Waals surface area contributed by atoms with Gasteiger partial charge in [-0.25, -0.2) is 0 Å². The number of carbonyl (C=O) groups excluding carboxylic acids is 1. The molecule has 0 saturated carbocycles. The largest absolute Gasteiger partial charge is 0.378 e. The molecule has 3 nitrogen and oxygen atoms in total. The summed E-state index contributed by atoms with van der Waals surface area (Å²) in [4.78, 5) is 14.4. The summed E-state index contributed by atoms with van der Waals surface area (Å²) in [5, 5.41) is 2.95. The monoisotopic (exact) mass is 150 g/mol. The van der Waals surface area contributed by atoms with E-state index < -0.39 is 0 Å². The van der Waals surface area contributed by atoms with E-state index in [1.165, 1.54) is 0 Å². The molecule has 0 spiro atoms. The second-order valence-corrected chi connectivity index (χ2v) is 2.29. The van der Waals surface area contributed by atoms with Crippen molar-refractivity contribution < 1.29 is 4.79 Å². The summed E-state index contributed by atoms with van der Waals surface area (Å²) < 4.78 is 0. The van der Waals surface area contributed by atoms with Crippen LogP contribution in [-0.2, 0) is 4.79 Å². The van der Waals surface area contributed by atoms with Crippen LogP contribution in [0.2, 0.25) is 0 Å². The smallest absolute Gasteiger partial charge is 0.148 e. The number of anilines is 1. The number of carbonyl (C=O) groups is 1. The van der Waals surface area contributed by atoms with Crippen molar-refractivity contribution in [2.45, 2.75) is 6.92 Å². The Labute approximate surface area is 65.5 Å². The lowest BCUT2D eigenvalue weighted by Crippen LogP contribution is -2.09. The van der Waals surface area contributed by atoms with E-state index in [0.717, 1.165) is 5.69 Å². The molecule has 0 aromatic carbocycles. The first-order valence-electron chi connectivity index (χ1n) is 3.42. The molecule has 0 fully saturated rings. The van der Waals surface area contributed by atoms with E-state index in [2.05, 4.69) is 10.3 Å². The number of hydrogen-bond donors (Lipinski definition) is 1. The summed E-state index contributed by atoms with van der Waals surface area (Å²) in [6.07, 6.45) is 3.37. The van der Waals surface area contributed by atoms with Gasteiger partial charge in [0, 0.05) is 18.1 Å². The Hall–Kier alpha value is -1.38. The first-order chi connectivity index (χ1) is 5.29. The van der Waals surface area contributed by atoms with Crippen LogP contribution in [0.5, 0.6) is 0 Å². The maximum Gasteiger partial charge on any atom is 0.148 e. The molecule has 0 radical (unpaired) electrons. The van der Waals surface area contributed by atoms with Crippen LogP contribution in [-0.4, -0.2) is 17.3 Å². The molecular formula is C8H10N2O. The Morgan fingerprint density at radius 1 is 1.55 bits per heavy atom. The molecule has 1 rings (SSSR count). The second kappa shape index (κ2) is 3.71. The standard InChI is InChI=1S/C8H10N2O/c1-7(11)6-10-8-2-4-9-5-3-8/h2-5H,6H2,1H3,(H,9,10). The highest BCUT2D eigenvalue weighted by atomic mass is 16.1. The molecule has 0 bridgehead atoms. The van der Waals surface area contributed by atoms with Gasteiger partial charge in [0.1, 0.15) is 5.78 Å². The number of rotatable bonds is 3. The number of aromatic nitrogens is 1. The number of nitrogens with zero attached hydrogens (tertiary/aromatic N) is 1. The molecule has 11 heavy (non-hydrogen) atoms. The Balaban J connectivity index is 2.45. The third kappa shape index (κ3) is 2.80. The molecule has 0 saturated heterocycles. The second-order valence-electron chi connectivity index (χ2n) is 2.29. The van der Waals surface area contributed by atoms with E-state index in [4.69, 9.17) is 0 Å². The fraction of sp³-hybridized carbons (Fsp3) is 0.250. The van der Waals surface area contributed by atoms with Gasteiger partial charge in [-0.2, -0.15) is 0 Å². The lowest BCUT2D eigenvalue weighted by Gasteiger charge is -2.00. The third-order valence-electron chi connectivity index (χ3n) is 1.22. The fourth-order valence-electron chi connectivity index (χ4n) is 0.696. The van der Waals surface area contributed by atoms with E-state index in [1.807, 2.05) is 12.1 Å². The number of hydrogen-bond acceptors (Lipinski definition) is 3. The zero-order chi connectivity index (χ0) is 8.10. The number of pyridine rings is 1. The number of nitrogens with one attached hydrogen (secondary N) is 1. The van der Waals surface area contributed by atoms with E-state index >= 15 is 0 Å². The van der Waals surface area contributed by atoms with Gasteiger partial charge in [0.05, 0.1) is 6.54 Å². The SMILES string of the molecule is CC(=O)CNc1ccncc1. The molecule has 1 N–H and O–H groups in total. The molecule has 1 aromatic heterocycles. The summed E-state index contributed by atoms with van der Waals surface area (Å²) in [6.45, 7) is 1.93. The van der Waals surface area contributed by atoms with E-state index in [1.54, 1.807) is 19.3 Å². The van der Waals surface area contributed by atoms with Crippen LogP contribution in [0.4, 0.5) is 5.69 Å². The molecular weight excluding hydrogens is 140 g/mol. The molecule has 3 heteroatoms. The summed E-state index contributed by atoms with van der Waals surface area (Å²) in [7, 11) is 0. The first-order valence-corrected chi connectivity index (χ1v) is 3.42. The normalized spacial score (nSPS) is 9.18. The Kier molecular flexibility index (Phi) is 2.60. The van der Waals surface area contributed by atoms with Crippen molar-refractivity contribution >= 4 is 11.5 Å². The molecule has 1 heterocycles. The van der Waals surface area contributed by atoms with Crippen molar-refractivity contribution in [1.82, 2.24) is 4.98 Å². The first kappa shape index (κ1) is 7.72. The van der Waals surface area contributed by atoms with Crippen molar-refractivity contribution in [1.29, 1.82) is 0 Å². The molecule has 1 aromatic rings. The van der Waals surface area contributed by atoms with Crippen molar-refractivity contribution in [3.05, 3.63) is 24.5 Å². The van der Waals surface area contributed by atoms with E-state index in [0.29, 0.717) is 6.54 Å². The molecule has 0 aliphatic rings. The molecule has 0 atom stereocenters. The Morgan fingerprint density at radius 3 is 2.73 bits per heavy atom. The van der Waals surface area contributed by atoms with Crippen LogP contribution in [0, 0.1) is 0 Å². The Morgan fingerprint density at radius 2 is 2.18 bits per heavy atom. The predicted molar refractivity (Wildman–Crippen MR) is 43.4 cm³/mol. The number of ketones is 1. The zero-order valence-corrected chi connectivity index (χ0v) is 6.37.